The molecular formula is C14H12N2O2S. The van der Waals surface area contributed by atoms with Crippen molar-refractivity contribution >= 4 is 28.8 Å². The molecule has 2 amide bonds. The van der Waals surface area contributed by atoms with Gasteiger partial charge < -0.3 is 10.6 Å². The third kappa shape index (κ3) is 2.51. The summed E-state index contributed by atoms with van der Waals surface area (Å²) in [5, 5.41) is 7.52. The maximum atomic E-state index is 11.9. The smallest absolute Gasteiger partial charge is 0.251 e. The highest BCUT2D eigenvalue weighted by atomic mass is 32.1. The van der Waals surface area contributed by atoms with E-state index in [2.05, 4.69) is 10.6 Å². The number of nitrogens with one attached hydrogen (secondary N) is 2. The topological polar surface area (TPSA) is 58.2 Å². The zero-order valence-electron chi connectivity index (χ0n) is 10.1. The summed E-state index contributed by atoms with van der Waals surface area (Å²) in [6.07, 6.45) is 0.362. The first-order valence-corrected chi connectivity index (χ1v) is 6.84. The van der Waals surface area contributed by atoms with Crippen molar-refractivity contribution in [1.29, 1.82) is 0 Å². The van der Waals surface area contributed by atoms with E-state index < -0.39 is 0 Å². The van der Waals surface area contributed by atoms with E-state index in [1.165, 1.54) is 0 Å². The Bertz CT molecular complexity index is 635. The number of anilines is 1. The second kappa shape index (κ2) is 4.85. The highest BCUT2D eigenvalue weighted by Gasteiger charge is 2.19. The molecule has 1 aromatic heterocycles. The molecule has 5 heteroatoms. The van der Waals surface area contributed by atoms with E-state index in [-0.39, 0.29) is 11.8 Å². The molecule has 0 bridgehead atoms. The monoisotopic (exact) mass is 272 g/mol. The van der Waals surface area contributed by atoms with Gasteiger partial charge in [-0.25, -0.2) is 0 Å². The third-order valence-electron chi connectivity index (χ3n) is 2.99. The third-order valence-corrected chi connectivity index (χ3v) is 3.87. The van der Waals surface area contributed by atoms with E-state index in [0.29, 0.717) is 24.2 Å². The normalized spacial score (nSPS) is 12.9. The first-order chi connectivity index (χ1) is 9.22. The number of amides is 2. The Balaban J connectivity index is 1.72. The number of rotatable bonds is 3. The number of fused-ring (bicyclic) bond motifs is 1. The summed E-state index contributed by atoms with van der Waals surface area (Å²) < 4.78 is 0. The molecule has 19 heavy (non-hydrogen) atoms. The molecule has 4 nitrogen and oxygen atoms in total. The van der Waals surface area contributed by atoms with Crippen LogP contribution in [0, 0.1) is 0 Å². The van der Waals surface area contributed by atoms with E-state index >= 15 is 0 Å². The van der Waals surface area contributed by atoms with Crippen LogP contribution in [0.25, 0.3) is 0 Å². The van der Waals surface area contributed by atoms with Gasteiger partial charge in [0.1, 0.15) is 0 Å². The first kappa shape index (κ1) is 11.9. The Morgan fingerprint density at radius 3 is 3.05 bits per heavy atom. The van der Waals surface area contributed by atoms with Crippen molar-refractivity contribution in [1.82, 2.24) is 5.32 Å². The van der Waals surface area contributed by atoms with Gasteiger partial charge in [0.05, 0.1) is 6.42 Å². The van der Waals surface area contributed by atoms with Crippen LogP contribution in [0.5, 0.6) is 0 Å². The van der Waals surface area contributed by atoms with Gasteiger partial charge in [0, 0.05) is 22.7 Å². The van der Waals surface area contributed by atoms with E-state index in [9.17, 15) is 9.59 Å². The van der Waals surface area contributed by atoms with Gasteiger partial charge in [-0.3, -0.25) is 9.59 Å². The minimum atomic E-state index is -0.0793. The fraction of sp³-hybridized carbons (Fsp3) is 0.143. The lowest BCUT2D eigenvalue weighted by atomic mass is 10.1. The second-order valence-electron chi connectivity index (χ2n) is 4.36. The lowest BCUT2D eigenvalue weighted by Gasteiger charge is -2.05. The highest BCUT2D eigenvalue weighted by molar-refractivity contribution is 7.10. The first-order valence-electron chi connectivity index (χ1n) is 5.96. The molecule has 2 N–H and O–H groups in total. The molecule has 0 unspecified atom stereocenters. The summed E-state index contributed by atoms with van der Waals surface area (Å²) in [5.41, 5.74) is 2.28. The molecule has 0 aliphatic carbocycles. The fourth-order valence-electron chi connectivity index (χ4n) is 2.07. The molecule has 1 aliphatic heterocycles. The second-order valence-corrected chi connectivity index (χ2v) is 5.39. The molecule has 3 rings (SSSR count). The number of benzene rings is 1. The summed E-state index contributed by atoms with van der Waals surface area (Å²) >= 11 is 1.56. The summed E-state index contributed by atoms with van der Waals surface area (Å²) in [6, 6.07) is 9.27. The predicted octanol–water partition coefficient (Wildman–Crippen LogP) is 2.17. The SMILES string of the molecule is O=C(Cc1cccs1)Nc1ccc2c(c1)C(=O)NC2. The summed E-state index contributed by atoms with van der Waals surface area (Å²) in [4.78, 5) is 24.4. The standard InChI is InChI=1S/C14H12N2O2S/c17-13(7-11-2-1-5-19-11)16-10-4-3-9-8-15-14(18)12(9)6-10/h1-6H,7-8H2,(H,15,18)(H,16,17). The molecule has 0 saturated heterocycles. The Labute approximate surface area is 114 Å². The van der Waals surface area contributed by atoms with Gasteiger partial charge >= 0.3 is 0 Å². The van der Waals surface area contributed by atoms with Crippen molar-refractivity contribution in [3.63, 3.8) is 0 Å². The summed E-state index contributed by atoms with van der Waals surface area (Å²) in [7, 11) is 0. The van der Waals surface area contributed by atoms with Crippen molar-refractivity contribution in [3.8, 4) is 0 Å². The van der Waals surface area contributed by atoms with Crippen LogP contribution in [-0.2, 0) is 17.8 Å². The number of hydrogen-bond donors (Lipinski definition) is 2. The van der Waals surface area contributed by atoms with Crippen LogP contribution >= 0.6 is 11.3 Å². The maximum Gasteiger partial charge on any atom is 0.251 e. The largest absolute Gasteiger partial charge is 0.348 e. The number of hydrogen-bond acceptors (Lipinski definition) is 3. The van der Waals surface area contributed by atoms with Crippen molar-refractivity contribution in [2.75, 3.05) is 5.32 Å². The van der Waals surface area contributed by atoms with E-state index in [1.807, 2.05) is 29.6 Å². The van der Waals surface area contributed by atoms with E-state index in [1.54, 1.807) is 17.4 Å². The Morgan fingerprint density at radius 1 is 1.37 bits per heavy atom. The van der Waals surface area contributed by atoms with Gasteiger partial charge in [-0.2, -0.15) is 0 Å². The maximum absolute atomic E-state index is 11.9. The molecule has 0 saturated carbocycles. The summed E-state index contributed by atoms with van der Waals surface area (Å²) in [5.74, 6) is -0.148. The molecule has 2 heterocycles. The van der Waals surface area contributed by atoms with Crippen LogP contribution < -0.4 is 10.6 Å². The van der Waals surface area contributed by atoms with Gasteiger partial charge in [0.25, 0.3) is 5.91 Å². The fourth-order valence-corrected chi connectivity index (χ4v) is 2.77. The Kier molecular flexibility index (Phi) is 3.05. The van der Waals surface area contributed by atoms with Gasteiger partial charge in [-0.15, -0.1) is 11.3 Å². The molecule has 2 aromatic rings. The molecule has 1 aromatic carbocycles. The zero-order chi connectivity index (χ0) is 13.2. The molecular weight excluding hydrogens is 260 g/mol. The Morgan fingerprint density at radius 2 is 2.26 bits per heavy atom. The van der Waals surface area contributed by atoms with E-state index in [4.69, 9.17) is 0 Å². The predicted molar refractivity (Wildman–Crippen MR) is 74.3 cm³/mol. The summed E-state index contributed by atoms with van der Waals surface area (Å²) in [6.45, 7) is 0.567. The van der Waals surface area contributed by atoms with Crippen LogP contribution in [0.15, 0.2) is 35.7 Å². The highest BCUT2D eigenvalue weighted by Crippen LogP contribution is 2.20. The van der Waals surface area contributed by atoms with Crippen molar-refractivity contribution in [2.45, 2.75) is 13.0 Å². The average molecular weight is 272 g/mol. The van der Waals surface area contributed by atoms with Crippen LogP contribution in [0.2, 0.25) is 0 Å². The molecule has 1 aliphatic rings. The molecule has 96 valence electrons. The van der Waals surface area contributed by atoms with Gasteiger partial charge in [-0.05, 0) is 29.1 Å². The number of carbonyl (C=O) groups is 2. The number of thiophene rings is 1. The minimum Gasteiger partial charge on any atom is -0.348 e. The molecule has 0 atom stereocenters. The van der Waals surface area contributed by atoms with E-state index in [0.717, 1.165) is 10.4 Å². The van der Waals surface area contributed by atoms with Crippen LogP contribution in [0.3, 0.4) is 0 Å². The minimum absolute atomic E-state index is 0.0687. The number of carbonyl (C=O) groups excluding carboxylic acids is 2. The average Bonchev–Trinajstić information content (AvgIpc) is 3.00. The Hall–Kier alpha value is -2.14. The molecule has 0 fully saturated rings. The van der Waals surface area contributed by atoms with Gasteiger partial charge in [-0.1, -0.05) is 12.1 Å². The van der Waals surface area contributed by atoms with Crippen molar-refractivity contribution in [2.24, 2.45) is 0 Å². The van der Waals surface area contributed by atoms with Crippen LogP contribution in [0.4, 0.5) is 5.69 Å². The molecule has 0 radical (unpaired) electrons. The quantitative estimate of drug-likeness (QED) is 0.899. The van der Waals surface area contributed by atoms with Crippen LogP contribution in [-0.4, -0.2) is 11.8 Å². The zero-order valence-corrected chi connectivity index (χ0v) is 10.9. The lowest BCUT2D eigenvalue weighted by Crippen LogP contribution is -2.15. The van der Waals surface area contributed by atoms with Gasteiger partial charge in [0.2, 0.25) is 5.91 Å². The lowest BCUT2D eigenvalue weighted by molar-refractivity contribution is -0.115. The van der Waals surface area contributed by atoms with Crippen LogP contribution in [0.1, 0.15) is 20.8 Å². The van der Waals surface area contributed by atoms with Crippen molar-refractivity contribution in [3.05, 3.63) is 51.7 Å². The molecule has 0 spiro atoms. The van der Waals surface area contributed by atoms with Gasteiger partial charge in [0.15, 0.2) is 0 Å². The van der Waals surface area contributed by atoms with Crippen molar-refractivity contribution < 1.29 is 9.59 Å².